The third-order valence-electron chi connectivity index (χ3n) is 8.18. The summed E-state index contributed by atoms with van der Waals surface area (Å²) in [5.74, 6) is 1.01. The molecule has 1 aliphatic carbocycles. The van der Waals surface area contributed by atoms with E-state index in [-0.39, 0.29) is 29.7 Å². The quantitative estimate of drug-likeness (QED) is 0.296. The molecule has 0 amide bonds. The van der Waals surface area contributed by atoms with Gasteiger partial charge in [0.1, 0.15) is 5.82 Å². The molecule has 12 heteroatoms. The Balaban J connectivity index is 1.09. The van der Waals surface area contributed by atoms with Gasteiger partial charge in [-0.25, -0.2) is 8.42 Å². The van der Waals surface area contributed by atoms with Crippen LogP contribution in [0.5, 0.6) is 0 Å². The molecule has 0 bridgehead atoms. The van der Waals surface area contributed by atoms with Crippen LogP contribution in [0, 0.1) is 0 Å². The molecule has 41 heavy (non-hydrogen) atoms. The van der Waals surface area contributed by atoms with Crippen LogP contribution < -0.4 is 5.32 Å². The van der Waals surface area contributed by atoms with Gasteiger partial charge in [-0.05, 0) is 55.5 Å². The van der Waals surface area contributed by atoms with Gasteiger partial charge in [0.15, 0.2) is 5.65 Å². The molecule has 0 atom stereocenters. The summed E-state index contributed by atoms with van der Waals surface area (Å²) in [5.41, 5.74) is 1.47. The number of sulfonamides is 1. The summed E-state index contributed by atoms with van der Waals surface area (Å²) < 4.78 is 70.3. The number of rotatable bonds is 7. The third kappa shape index (κ3) is 5.07. The third-order valence-corrected chi connectivity index (χ3v) is 10.1. The van der Waals surface area contributed by atoms with E-state index in [9.17, 15) is 21.6 Å². The number of anilines is 1. The zero-order valence-corrected chi connectivity index (χ0v) is 23.6. The van der Waals surface area contributed by atoms with Gasteiger partial charge in [0, 0.05) is 42.5 Å². The molecule has 2 aromatic carbocycles. The van der Waals surface area contributed by atoms with E-state index < -0.39 is 21.6 Å². The van der Waals surface area contributed by atoms with Crippen LogP contribution in [0.2, 0.25) is 0 Å². The minimum absolute atomic E-state index is 0.0292. The highest BCUT2D eigenvalue weighted by Crippen LogP contribution is 2.58. The molecule has 2 aromatic heterocycles. The van der Waals surface area contributed by atoms with Gasteiger partial charge in [0.05, 0.1) is 22.2 Å². The lowest BCUT2D eigenvalue weighted by atomic mass is 9.95. The normalized spacial score (nSPS) is 18.2. The van der Waals surface area contributed by atoms with E-state index in [1.54, 1.807) is 54.7 Å². The van der Waals surface area contributed by atoms with Crippen molar-refractivity contribution in [2.24, 2.45) is 0 Å². The molecule has 1 saturated carbocycles. The molecule has 3 heterocycles. The molecule has 1 aliphatic heterocycles. The molecule has 6 rings (SSSR count). The summed E-state index contributed by atoms with van der Waals surface area (Å²) in [7, 11) is -3.68. The van der Waals surface area contributed by atoms with Crippen LogP contribution in [0.1, 0.15) is 56.8 Å². The van der Waals surface area contributed by atoms with Crippen LogP contribution in [0.4, 0.5) is 18.9 Å². The number of nitrogens with zero attached hydrogens (tertiary/aromatic N) is 5. The van der Waals surface area contributed by atoms with E-state index in [1.807, 2.05) is 24.4 Å². The molecule has 2 aliphatic rings. The van der Waals surface area contributed by atoms with Crippen LogP contribution in [0.15, 0.2) is 65.8 Å². The standard InChI is InChI=1S/C29H31F3N6O2S/c1-19(2)27-36-35-26-17-33-25(18-38(26)27)20-3-9-24(10-4-20)41(39,40)37-15-11-23(12-16-37)34-22-7-5-21(6-8-22)28(13-14-28)29(30,31)32/h3-10,17-19,23,34H,11-16H2,1-2H3. The van der Waals surface area contributed by atoms with Crippen molar-refractivity contribution in [2.45, 2.75) is 68.0 Å². The molecule has 8 nitrogen and oxygen atoms in total. The summed E-state index contributed by atoms with van der Waals surface area (Å²) in [4.78, 5) is 4.68. The number of aromatic nitrogens is 4. The van der Waals surface area contributed by atoms with Crippen LogP contribution in [0.25, 0.3) is 16.9 Å². The Morgan fingerprint density at radius 2 is 1.63 bits per heavy atom. The first kappa shape index (κ1) is 27.6. The van der Waals surface area contributed by atoms with Gasteiger partial charge >= 0.3 is 6.18 Å². The summed E-state index contributed by atoms with van der Waals surface area (Å²) in [6.07, 6.45) is 0.722. The molecular weight excluding hydrogens is 553 g/mol. The Labute approximate surface area is 236 Å². The number of piperidine rings is 1. The highest BCUT2D eigenvalue weighted by Gasteiger charge is 2.64. The Morgan fingerprint density at radius 1 is 0.976 bits per heavy atom. The van der Waals surface area contributed by atoms with E-state index in [0.29, 0.717) is 42.8 Å². The Hall–Kier alpha value is -3.51. The van der Waals surface area contributed by atoms with Crippen molar-refractivity contribution >= 4 is 21.4 Å². The number of hydrogen-bond donors (Lipinski definition) is 1. The van der Waals surface area contributed by atoms with E-state index in [1.165, 1.54) is 4.31 Å². The molecule has 1 N–H and O–H groups in total. The SMILES string of the molecule is CC(C)c1nnc2cnc(-c3ccc(S(=O)(=O)N4CCC(Nc5ccc(C6(C(F)(F)F)CC6)cc5)CC4)cc3)cn12. The average Bonchev–Trinajstić information content (AvgIpc) is 3.67. The Bertz CT molecular complexity index is 1660. The number of nitrogens with one attached hydrogen (secondary N) is 1. The summed E-state index contributed by atoms with van der Waals surface area (Å²) in [6, 6.07) is 13.2. The Kier molecular flexibility index (Phi) is 6.80. The van der Waals surface area contributed by atoms with E-state index in [2.05, 4.69) is 20.5 Å². The van der Waals surface area contributed by atoms with Crippen molar-refractivity contribution < 1.29 is 21.6 Å². The van der Waals surface area contributed by atoms with Crippen LogP contribution in [0.3, 0.4) is 0 Å². The zero-order chi connectivity index (χ0) is 29.0. The average molecular weight is 585 g/mol. The first-order chi connectivity index (χ1) is 19.5. The lowest BCUT2D eigenvalue weighted by molar-refractivity contribution is -0.160. The fraction of sp³-hybridized carbons (Fsp3) is 0.414. The molecular formula is C29H31F3N6O2S. The molecule has 4 aromatic rings. The molecule has 216 valence electrons. The van der Waals surface area contributed by atoms with Crippen molar-refractivity contribution in [3.05, 3.63) is 72.3 Å². The fourth-order valence-electron chi connectivity index (χ4n) is 5.53. The largest absolute Gasteiger partial charge is 0.398 e. The first-order valence-corrected chi connectivity index (χ1v) is 15.2. The molecule has 1 saturated heterocycles. The smallest absolute Gasteiger partial charge is 0.382 e. The van der Waals surface area contributed by atoms with E-state index >= 15 is 0 Å². The van der Waals surface area contributed by atoms with Gasteiger partial charge in [-0.3, -0.25) is 9.38 Å². The predicted octanol–water partition coefficient (Wildman–Crippen LogP) is 5.77. The van der Waals surface area contributed by atoms with Gasteiger partial charge < -0.3 is 5.32 Å². The van der Waals surface area contributed by atoms with Gasteiger partial charge in [-0.2, -0.15) is 17.5 Å². The summed E-state index contributed by atoms with van der Waals surface area (Å²) >= 11 is 0. The maximum atomic E-state index is 13.4. The number of benzene rings is 2. The van der Waals surface area contributed by atoms with Crippen molar-refractivity contribution in [3.8, 4) is 11.3 Å². The second-order valence-electron chi connectivity index (χ2n) is 11.2. The number of halogens is 3. The van der Waals surface area contributed by atoms with Crippen molar-refractivity contribution in [3.63, 3.8) is 0 Å². The van der Waals surface area contributed by atoms with E-state index in [0.717, 1.165) is 17.1 Å². The second-order valence-corrected chi connectivity index (χ2v) is 13.2. The number of hydrogen-bond acceptors (Lipinski definition) is 6. The maximum Gasteiger partial charge on any atom is 0.398 e. The number of alkyl halides is 3. The highest BCUT2D eigenvalue weighted by atomic mass is 32.2. The van der Waals surface area contributed by atoms with Crippen LogP contribution in [-0.4, -0.2) is 57.6 Å². The lowest BCUT2D eigenvalue weighted by Crippen LogP contribution is -2.42. The highest BCUT2D eigenvalue weighted by molar-refractivity contribution is 7.89. The fourth-order valence-corrected chi connectivity index (χ4v) is 7.00. The molecule has 0 unspecified atom stereocenters. The van der Waals surface area contributed by atoms with Crippen molar-refractivity contribution in [2.75, 3.05) is 18.4 Å². The molecule has 0 spiro atoms. The van der Waals surface area contributed by atoms with Crippen molar-refractivity contribution in [1.82, 2.24) is 23.9 Å². The summed E-state index contributed by atoms with van der Waals surface area (Å²) in [5, 5.41) is 11.7. The topological polar surface area (TPSA) is 92.5 Å². The van der Waals surface area contributed by atoms with Gasteiger partial charge in [-0.15, -0.1) is 10.2 Å². The van der Waals surface area contributed by atoms with Crippen molar-refractivity contribution in [1.29, 1.82) is 0 Å². The molecule has 2 fully saturated rings. The minimum Gasteiger partial charge on any atom is -0.382 e. The van der Waals surface area contributed by atoms with E-state index in [4.69, 9.17) is 0 Å². The van der Waals surface area contributed by atoms with Gasteiger partial charge in [-0.1, -0.05) is 38.1 Å². The summed E-state index contributed by atoms with van der Waals surface area (Å²) in [6.45, 7) is 4.77. The van der Waals surface area contributed by atoms with Gasteiger partial charge in [0.2, 0.25) is 10.0 Å². The zero-order valence-electron chi connectivity index (χ0n) is 22.8. The van der Waals surface area contributed by atoms with Gasteiger partial charge in [0.25, 0.3) is 0 Å². The van der Waals surface area contributed by atoms with Crippen LogP contribution in [-0.2, 0) is 15.4 Å². The Morgan fingerprint density at radius 3 is 2.22 bits per heavy atom. The monoisotopic (exact) mass is 584 g/mol. The molecule has 0 radical (unpaired) electrons. The lowest BCUT2D eigenvalue weighted by Gasteiger charge is -2.32. The number of fused-ring (bicyclic) bond motifs is 1. The minimum atomic E-state index is -4.23. The maximum absolute atomic E-state index is 13.4. The van der Waals surface area contributed by atoms with Crippen LogP contribution >= 0.6 is 0 Å². The predicted molar refractivity (Wildman–Crippen MR) is 149 cm³/mol. The second kappa shape index (κ2) is 10.1. The first-order valence-electron chi connectivity index (χ1n) is 13.7.